The second-order valence-electron chi connectivity index (χ2n) is 2.07. The summed E-state index contributed by atoms with van der Waals surface area (Å²) in [6.07, 6.45) is 1.52. The quantitative estimate of drug-likeness (QED) is 0.737. The lowest BCUT2D eigenvalue weighted by atomic mass is 10.3. The summed E-state index contributed by atoms with van der Waals surface area (Å²) in [6.45, 7) is 0.126. The largest absolute Gasteiger partial charge is 0.386 e. The third kappa shape index (κ3) is 2.06. The fourth-order valence-corrected chi connectivity index (χ4v) is 0.822. The molecule has 3 N–H and O–H groups in total. The molecule has 0 radical (unpaired) electrons. The Hall–Kier alpha value is -0.870. The Morgan fingerprint density at radius 1 is 1.67 bits per heavy atom. The molecule has 0 fully saturated rings. The molecule has 0 spiro atoms. The van der Waals surface area contributed by atoms with Gasteiger partial charge in [0.05, 0.1) is 11.4 Å². The first kappa shape index (κ1) is 11.1. The fraction of sp³-hybridized carbons (Fsp3) is 0.286. The molecule has 0 saturated heterocycles. The van der Waals surface area contributed by atoms with Crippen LogP contribution in [0.4, 0.5) is 10.1 Å². The Morgan fingerprint density at radius 2 is 2.33 bits per heavy atom. The summed E-state index contributed by atoms with van der Waals surface area (Å²) in [7, 11) is 1.65. The van der Waals surface area contributed by atoms with Crippen LogP contribution in [0.2, 0.25) is 0 Å². The van der Waals surface area contributed by atoms with Gasteiger partial charge in [-0.15, -0.1) is 12.4 Å². The highest BCUT2D eigenvalue weighted by Crippen LogP contribution is 2.13. The number of halogens is 2. The third-order valence-corrected chi connectivity index (χ3v) is 1.42. The summed E-state index contributed by atoms with van der Waals surface area (Å²) in [5.41, 5.74) is 5.96. The summed E-state index contributed by atoms with van der Waals surface area (Å²) in [5.74, 6) is -0.363. The number of hydrogen-bond donors (Lipinski definition) is 2. The predicted molar refractivity (Wildman–Crippen MR) is 48.9 cm³/mol. The van der Waals surface area contributed by atoms with Crippen molar-refractivity contribution in [2.75, 3.05) is 12.4 Å². The van der Waals surface area contributed by atoms with Crippen molar-refractivity contribution in [3.05, 3.63) is 23.8 Å². The summed E-state index contributed by atoms with van der Waals surface area (Å²) in [5, 5.41) is 2.70. The minimum Gasteiger partial charge on any atom is -0.386 e. The standard InChI is InChI=1S/C7H10FN3.ClH/c1-10-5-2-3-11-6(4-9)7(5)8;/h2-3H,4,9H2,1H3,(H,10,11);1H. The number of aromatic nitrogens is 1. The zero-order chi connectivity index (χ0) is 8.27. The van der Waals surface area contributed by atoms with E-state index in [0.717, 1.165) is 0 Å². The van der Waals surface area contributed by atoms with E-state index < -0.39 is 0 Å². The van der Waals surface area contributed by atoms with Gasteiger partial charge in [-0.3, -0.25) is 4.98 Å². The van der Waals surface area contributed by atoms with Crippen LogP contribution in [0.25, 0.3) is 0 Å². The van der Waals surface area contributed by atoms with Gasteiger partial charge in [0.25, 0.3) is 0 Å². The van der Waals surface area contributed by atoms with E-state index in [0.29, 0.717) is 5.69 Å². The number of anilines is 1. The zero-order valence-electron chi connectivity index (χ0n) is 6.67. The van der Waals surface area contributed by atoms with Crippen molar-refractivity contribution in [2.24, 2.45) is 5.73 Å². The number of pyridine rings is 1. The molecule has 0 aliphatic rings. The van der Waals surface area contributed by atoms with E-state index in [1.54, 1.807) is 13.1 Å². The normalized spacial score (nSPS) is 8.92. The average Bonchev–Trinajstić information content (AvgIpc) is 2.05. The number of rotatable bonds is 2. The lowest BCUT2D eigenvalue weighted by molar-refractivity contribution is 0.603. The molecule has 1 aromatic heterocycles. The monoisotopic (exact) mass is 191 g/mol. The molecule has 1 aromatic rings. The van der Waals surface area contributed by atoms with Crippen LogP contribution < -0.4 is 11.1 Å². The highest BCUT2D eigenvalue weighted by atomic mass is 35.5. The van der Waals surface area contributed by atoms with Crippen LogP contribution in [0, 0.1) is 5.82 Å². The molecule has 0 aliphatic heterocycles. The topological polar surface area (TPSA) is 50.9 Å². The van der Waals surface area contributed by atoms with Gasteiger partial charge in [-0.25, -0.2) is 4.39 Å². The number of hydrogen-bond acceptors (Lipinski definition) is 3. The molecule has 3 nitrogen and oxygen atoms in total. The molecule has 0 aromatic carbocycles. The minimum atomic E-state index is -0.363. The maximum Gasteiger partial charge on any atom is 0.169 e. The second kappa shape index (κ2) is 4.90. The van der Waals surface area contributed by atoms with E-state index in [1.165, 1.54) is 6.20 Å². The summed E-state index contributed by atoms with van der Waals surface area (Å²) < 4.78 is 13.1. The van der Waals surface area contributed by atoms with Crippen molar-refractivity contribution in [1.29, 1.82) is 0 Å². The molecule has 5 heteroatoms. The summed E-state index contributed by atoms with van der Waals surface area (Å²) in [6, 6.07) is 1.56. The summed E-state index contributed by atoms with van der Waals surface area (Å²) >= 11 is 0. The van der Waals surface area contributed by atoms with E-state index in [-0.39, 0.29) is 30.5 Å². The van der Waals surface area contributed by atoms with Gasteiger partial charge in [-0.2, -0.15) is 0 Å². The Balaban J connectivity index is 0.00000121. The first-order valence-corrected chi connectivity index (χ1v) is 3.30. The Morgan fingerprint density at radius 3 is 2.83 bits per heavy atom. The zero-order valence-corrected chi connectivity index (χ0v) is 7.49. The van der Waals surface area contributed by atoms with Crippen molar-refractivity contribution < 1.29 is 4.39 Å². The van der Waals surface area contributed by atoms with Crippen molar-refractivity contribution in [2.45, 2.75) is 6.54 Å². The van der Waals surface area contributed by atoms with Crippen molar-refractivity contribution >= 4 is 18.1 Å². The molecular formula is C7H11ClFN3. The molecule has 0 aliphatic carbocycles. The average molecular weight is 192 g/mol. The Bertz CT molecular complexity index is 232. The Kier molecular flexibility index (Phi) is 4.54. The molecule has 1 heterocycles. The maximum atomic E-state index is 13.1. The Labute approximate surface area is 76.6 Å². The molecule has 0 bridgehead atoms. The number of nitrogens with zero attached hydrogens (tertiary/aromatic N) is 1. The van der Waals surface area contributed by atoms with Crippen LogP contribution in [-0.2, 0) is 6.54 Å². The van der Waals surface area contributed by atoms with Gasteiger partial charge in [0.2, 0.25) is 0 Å². The van der Waals surface area contributed by atoms with E-state index >= 15 is 0 Å². The van der Waals surface area contributed by atoms with Gasteiger partial charge in [0.15, 0.2) is 5.82 Å². The van der Waals surface area contributed by atoms with Crippen molar-refractivity contribution in [3.8, 4) is 0 Å². The van der Waals surface area contributed by atoms with E-state index in [2.05, 4.69) is 10.3 Å². The molecule has 68 valence electrons. The highest BCUT2D eigenvalue weighted by molar-refractivity contribution is 5.85. The predicted octanol–water partition coefficient (Wildman–Crippen LogP) is 1.14. The number of nitrogens with one attached hydrogen (secondary N) is 1. The lowest BCUT2D eigenvalue weighted by Crippen LogP contribution is -2.05. The van der Waals surface area contributed by atoms with Crippen LogP contribution >= 0.6 is 12.4 Å². The van der Waals surface area contributed by atoms with Crippen molar-refractivity contribution in [1.82, 2.24) is 4.98 Å². The van der Waals surface area contributed by atoms with E-state index in [9.17, 15) is 4.39 Å². The second-order valence-corrected chi connectivity index (χ2v) is 2.07. The molecule has 12 heavy (non-hydrogen) atoms. The van der Waals surface area contributed by atoms with Gasteiger partial charge in [0, 0.05) is 19.8 Å². The van der Waals surface area contributed by atoms with Gasteiger partial charge in [-0.1, -0.05) is 0 Å². The van der Waals surface area contributed by atoms with Gasteiger partial charge < -0.3 is 11.1 Å². The van der Waals surface area contributed by atoms with Gasteiger partial charge >= 0.3 is 0 Å². The molecular weight excluding hydrogens is 181 g/mol. The van der Waals surface area contributed by atoms with E-state index in [4.69, 9.17) is 5.73 Å². The SMILES string of the molecule is CNc1ccnc(CN)c1F.Cl. The molecule has 1 rings (SSSR count). The van der Waals surface area contributed by atoms with Crippen LogP contribution in [0.1, 0.15) is 5.69 Å². The molecule has 0 saturated carbocycles. The smallest absolute Gasteiger partial charge is 0.169 e. The number of nitrogens with two attached hydrogens (primary N) is 1. The van der Waals surface area contributed by atoms with Crippen LogP contribution in [0.5, 0.6) is 0 Å². The third-order valence-electron chi connectivity index (χ3n) is 1.42. The first-order chi connectivity index (χ1) is 5.29. The van der Waals surface area contributed by atoms with Crippen molar-refractivity contribution in [3.63, 3.8) is 0 Å². The van der Waals surface area contributed by atoms with Crippen LogP contribution in [0.15, 0.2) is 12.3 Å². The molecule has 0 unspecified atom stereocenters. The molecule has 0 amide bonds. The van der Waals surface area contributed by atoms with E-state index in [1.807, 2.05) is 0 Å². The first-order valence-electron chi connectivity index (χ1n) is 3.30. The fourth-order valence-electron chi connectivity index (χ4n) is 0.822. The van der Waals surface area contributed by atoms with Crippen LogP contribution in [0.3, 0.4) is 0 Å². The van der Waals surface area contributed by atoms with Gasteiger partial charge in [-0.05, 0) is 6.07 Å². The van der Waals surface area contributed by atoms with Crippen LogP contribution in [-0.4, -0.2) is 12.0 Å². The lowest BCUT2D eigenvalue weighted by Gasteiger charge is -2.03. The van der Waals surface area contributed by atoms with Gasteiger partial charge in [0.1, 0.15) is 0 Å². The molecule has 0 atom stereocenters. The minimum absolute atomic E-state index is 0. The maximum absolute atomic E-state index is 13.1. The summed E-state index contributed by atoms with van der Waals surface area (Å²) in [4.78, 5) is 3.77. The highest BCUT2D eigenvalue weighted by Gasteiger charge is 2.04.